The first-order valence-corrected chi connectivity index (χ1v) is 5.30. The van der Waals surface area contributed by atoms with Gasteiger partial charge < -0.3 is 5.11 Å². The van der Waals surface area contributed by atoms with Gasteiger partial charge in [-0.15, -0.1) is 0 Å². The van der Waals surface area contributed by atoms with Gasteiger partial charge in [-0.2, -0.15) is 5.10 Å². The predicted molar refractivity (Wildman–Crippen MR) is 59.3 cm³/mol. The van der Waals surface area contributed by atoms with Gasteiger partial charge in [-0.05, 0) is 12.5 Å². The molecule has 90 valence electrons. The number of benzene rings is 1. The van der Waals surface area contributed by atoms with Crippen LogP contribution in [0.4, 0.5) is 8.78 Å². The fourth-order valence-corrected chi connectivity index (χ4v) is 1.58. The van der Waals surface area contributed by atoms with E-state index in [1.165, 1.54) is 18.3 Å². The van der Waals surface area contributed by atoms with Gasteiger partial charge in [-0.3, -0.25) is 4.68 Å². The largest absolute Gasteiger partial charge is 0.396 e. The van der Waals surface area contributed by atoms with E-state index in [0.29, 0.717) is 18.5 Å². The summed E-state index contributed by atoms with van der Waals surface area (Å²) in [6.45, 7) is 0.622. The molecule has 0 unspecified atom stereocenters. The molecule has 0 spiro atoms. The lowest BCUT2D eigenvalue weighted by atomic mass is 10.1. The Morgan fingerprint density at radius 2 is 2.12 bits per heavy atom. The van der Waals surface area contributed by atoms with Crippen molar-refractivity contribution in [3.05, 3.63) is 42.2 Å². The monoisotopic (exact) mass is 238 g/mol. The zero-order valence-electron chi connectivity index (χ0n) is 9.11. The quantitative estimate of drug-likeness (QED) is 0.886. The van der Waals surface area contributed by atoms with Gasteiger partial charge in [0.2, 0.25) is 0 Å². The summed E-state index contributed by atoms with van der Waals surface area (Å²) in [5.41, 5.74) is 0.722. The molecule has 0 saturated heterocycles. The summed E-state index contributed by atoms with van der Waals surface area (Å²) < 4.78 is 28.1. The van der Waals surface area contributed by atoms with Crippen molar-refractivity contribution in [2.45, 2.75) is 13.0 Å². The van der Waals surface area contributed by atoms with Crippen LogP contribution in [-0.2, 0) is 6.54 Å². The summed E-state index contributed by atoms with van der Waals surface area (Å²) in [6, 6.07) is 4.04. The molecule has 0 aliphatic carbocycles. The van der Waals surface area contributed by atoms with Crippen molar-refractivity contribution in [2.75, 3.05) is 6.61 Å². The molecule has 2 rings (SSSR count). The van der Waals surface area contributed by atoms with Gasteiger partial charge in [-0.1, -0.05) is 12.1 Å². The molecule has 0 amide bonds. The first-order chi connectivity index (χ1) is 8.22. The van der Waals surface area contributed by atoms with Crippen LogP contribution in [0.25, 0.3) is 11.1 Å². The minimum atomic E-state index is -0.870. The summed E-state index contributed by atoms with van der Waals surface area (Å²) in [5, 5.41) is 12.7. The van der Waals surface area contributed by atoms with Crippen molar-refractivity contribution < 1.29 is 13.9 Å². The molecule has 0 bridgehead atoms. The third-order valence-corrected chi connectivity index (χ3v) is 2.44. The van der Waals surface area contributed by atoms with E-state index in [1.54, 1.807) is 10.9 Å². The van der Waals surface area contributed by atoms with Gasteiger partial charge >= 0.3 is 0 Å². The minimum Gasteiger partial charge on any atom is -0.396 e. The Bertz CT molecular complexity index is 511. The molecule has 1 heterocycles. The van der Waals surface area contributed by atoms with E-state index < -0.39 is 11.6 Å². The van der Waals surface area contributed by atoms with E-state index >= 15 is 0 Å². The van der Waals surface area contributed by atoms with Crippen LogP contribution in [0.1, 0.15) is 6.42 Å². The molecule has 0 fully saturated rings. The standard InChI is InChI=1S/C12H12F2N2O/c13-11-4-1-3-10(12(11)14)9-7-15-16(8-9)5-2-6-17/h1,3-4,7-8,17H,2,5-6H2. The summed E-state index contributed by atoms with van der Waals surface area (Å²) >= 11 is 0. The van der Waals surface area contributed by atoms with Gasteiger partial charge in [0.25, 0.3) is 0 Å². The van der Waals surface area contributed by atoms with Gasteiger partial charge in [0.1, 0.15) is 0 Å². The maximum Gasteiger partial charge on any atom is 0.166 e. The molecular formula is C12H12F2N2O. The van der Waals surface area contributed by atoms with Gasteiger partial charge in [0.15, 0.2) is 11.6 Å². The minimum absolute atomic E-state index is 0.0729. The number of hydrogen-bond acceptors (Lipinski definition) is 2. The van der Waals surface area contributed by atoms with Gasteiger partial charge in [0, 0.05) is 30.5 Å². The lowest BCUT2D eigenvalue weighted by Crippen LogP contribution is -1.99. The summed E-state index contributed by atoms with van der Waals surface area (Å²) in [4.78, 5) is 0. The number of aliphatic hydroxyl groups is 1. The summed E-state index contributed by atoms with van der Waals surface area (Å²) in [7, 11) is 0. The van der Waals surface area contributed by atoms with Crippen LogP contribution in [0, 0.1) is 11.6 Å². The van der Waals surface area contributed by atoms with Crippen LogP contribution in [0.15, 0.2) is 30.6 Å². The van der Waals surface area contributed by atoms with E-state index in [4.69, 9.17) is 5.11 Å². The van der Waals surface area contributed by atoms with Crippen LogP contribution in [-0.4, -0.2) is 21.5 Å². The summed E-state index contributed by atoms with van der Waals surface area (Å²) in [5.74, 6) is -1.74. The maximum absolute atomic E-state index is 13.5. The highest BCUT2D eigenvalue weighted by Crippen LogP contribution is 2.23. The molecule has 0 saturated carbocycles. The molecule has 0 radical (unpaired) electrons. The molecule has 1 aromatic carbocycles. The van der Waals surface area contributed by atoms with Crippen molar-refractivity contribution in [3.63, 3.8) is 0 Å². The van der Waals surface area contributed by atoms with Crippen LogP contribution in [0.2, 0.25) is 0 Å². The first-order valence-electron chi connectivity index (χ1n) is 5.30. The second-order valence-electron chi connectivity index (χ2n) is 3.67. The molecule has 1 N–H and O–H groups in total. The van der Waals surface area contributed by atoms with Crippen molar-refractivity contribution in [1.29, 1.82) is 0 Å². The van der Waals surface area contributed by atoms with E-state index in [1.807, 2.05) is 0 Å². The number of nitrogens with zero attached hydrogens (tertiary/aromatic N) is 2. The molecule has 2 aromatic rings. The highest BCUT2D eigenvalue weighted by Gasteiger charge is 2.11. The zero-order chi connectivity index (χ0) is 12.3. The van der Waals surface area contributed by atoms with E-state index in [2.05, 4.69) is 5.10 Å². The van der Waals surface area contributed by atoms with Crippen LogP contribution < -0.4 is 0 Å². The normalized spacial score (nSPS) is 10.8. The van der Waals surface area contributed by atoms with Crippen molar-refractivity contribution in [1.82, 2.24) is 9.78 Å². The molecule has 0 atom stereocenters. The average Bonchev–Trinajstić information content (AvgIpc) is 2.78. The SMILES string of the molecule is OCCCn1cc(-c2cccc(F)c2F)cn1. The lowest BCUT2D eigenvalue weighted by molar-refractivity contribution is 0.277. The van der Waals surface area contributed by atoms with Crippen LogP contribution in [0.3, 0.4) is 0 Å². The van der Waals surface area contributed by atoms with Crippen molar-refractivity contribution in [3.8, 4) is 11.1 Å². The average molecular weight is 238 g/mol. The van der Waals surface area contributed by atoms with E-state index in [9.17, 15) is 8.78 Å². The van der Waals surface area contributed by atoms with Crippen molar-refractivity contribution in [2.24, 2.45) is 0 Å². The van der Waals surface area contributed by atoms with E-state index in [0.717, 1.165) is 6.07 Å². The van der Waals surface area contributed by atoms with Crippen LogP contribution in [0.5, 0.6) is 0 Å². The molecule has 3 nitrogen and oxygen atoms in total. The highest BCUT2D eigenvalue weighted by atomic mass is 19.2. The number of aryl methyl sites for hydroxylation is 1. The Kier molecular flexibility index (Phi) is 3.49. The predicted octanol–water partition coefficient (Wildman–Crippen LogP) is 2.21. The smallest absolute Gasteiger partial charge is 0.166 e. The third-order valence-electron chi connectivity index (χ3n) is 2.44. The van der Waals surface area contributed by atoms with Gasteiger partial charge in [0.05, 0.1) is 6.20 Å². The lowest BCUT2D eigenvalue weighted by Gasteiger charge is -2.00. The third kappa shape index (κ3) is 2.50. The Balaban J connectivity index is 2.27. The topological polar surface area (TPSA) is 38.0 Å². The summed E-state index contributed by atoms with van der Waals surface area (Å²) in [6.07, 6.45) is 3.69. The first kappa shape index (κ1) is 11.7. The Morgan fingerprint density at radius 3 is 2.88 bits per heavy atom. The zero-order valence-corrected chi connectivity index (χ0v) is 9.11. The number of aliphatic hydroxyl groups excluding tert-OH is 1. The molecule has 17 heavy (non-hydrogen) atoms. The molecule has 5 heteroatoms. The van der Waals surface area contributed by atoms with E-state index in [-0.39, 0.29) is 12.2 Å². The second kappa shape index (κ2) is 5.05. The van der Waals surface area contributed by atoms with Crippen LogP contribution >= 0.6 is 0 Å². The second-order valence-corrected chi connectivity index (χ2v) is 3.67. The molecule has 0 aliphatic heterocycles. The maximum atomic E-state index is 13.5. The van der Waals surface area contributed by atoms with Crippen molar-refractivity contribution >= 4 is 0 Å². The fraction of sp³-hybridized carbons (Fsp3) is 0.250. The number of hydrogen-bond donors (Lipinski definition) is 1. The Morgan fingerprint density at radius 1 is 1.29 bits per heavy atom. The number of rotatable bonds is 4. The number of halogens is 2. The highest BCUT2D eigenvalue weighted by molar-refractivity contribution is 5.62. The Labute approximate surface area is 97.3 Å². The molecule has 0 aliphatic rings. The molecule has 1 aromatic heterocycles. The van der Waals surface area contributed by atoms with Gasteiger partial charge in [-0.25, -0.2) is 8.78 Å². The fourth-order valence-electron chi connectivity index (χ4n) is 1.58. The number of aromatic nitrogens is 2. The molecular weight excluding hydrogens is 226 g/mol. The Hall–Kier alpha value is -1.75.